The first-order valence-corrected chi connectivity index (χ1v) is 12.8. The lowest BCUT2D eigenvalue weighted by Crippen LogP contribution is -2.32. The molecule has 174 valence electrons. The van der Waals surface area contributed by atoms with Crippen LogP contribution in [-0.4, -0.2) is 32.7 Å². The van der Waals surface area contributed by atoms with Crippen LogP contribution in [0.1, 0.15) is 61.4 Å². The molecule has 33 heavy (non-hydrogen) atoms. The molecule has 1 aromatic heterocycles. The Bertz CT molecular complexity index is 1100. The third kappa shape index (κ3) is 7.04. The molecule has 0 aliphatic carbocycles. The van der Waals surface area contributed by atoms with Gasteiger partial charge >= 0.3 is 0 Å². The molecule has 1 heterocycles. The number of benzene rings is 2. The van der Waals surface area contributed by atoms with Crippen molar-refractivity contribution >= 4 is 51.9 Å². The van der Waals surface area contributed by atoms with Crippen molar-refractivity contribution in [3.05, 3.63) is 69.1 Å². The fraction of sp³-hybridized carbons (Fsp3) is 0.333. The average molecular weight is 577 g/mol. The Balaban J connectivity index is 1.61. The molecule has 0 spiro atoms. The van der Waals surface area contributed by atoms with Crippen LogP contribution in [0.25, 0.3) is 0 Å². The van der Waals surface area contributed by atoms with Crippen molar-refractivity contribution < 1.29 is 9.59 Å². The van der Waals surface area contributed by atoms with Gasteiger partial charge in [-0.05, 0) is 70.3 Å². The molecular weight excluding hydrogens is 549 g/mol. The number of rotatable bonds is 9. The van der Waals surface area contributed by atoms with Crippen LogP contribution in [-0.2, 0) is 4.79 Å². The highest BCUT2D eigenvalue weighted by Crippen LogP contribution is 2.27. The average Bonchev–Trinajstić information content (AvgIpc) is 3.26. The molecule has 0 bridgehead atoms. The summed E-state index contributed by atoms with van der Waals surface area (Å²) in [6.07, 6.45) is 0. The van der Waals surface area contributed by atoms with Gasteiger partial charge in [-0.15, -0.1) is 5.10 Å². The number of H-pyrrole nitrogens is 1. The molecule has 0 fully saturated rings. The van der Waals surface area contributed by atoms with Crippen LogP contribution in [0, 0.1) is 9.49 Å². The number of thioether (sulfide) groups is 1. The number of hydrogen-bond donors (Lipinski definition) is 3. The lowest BCUT2D eigenvalue weighted by Gasteiger charge is -2.19. The standard InChI is InChI=1S/C24H28IN5O2S/c1-14(2)18-12-17(25)10-11-19(18)26-20(31)13-33-24-28-22(29-30-24)21(15(3)4)27-23(32)16-8-6-5-7-9-16/h5-12,14-15,21H,13H2,1-4H3,(H,26,31)(H,27,32)(H,28,29,30). The lowest BCUT2D eigenvalue weighted by molar-refractivity contribution is -0.113. The van der Waals surface area contributed by atoms with Crippen molar-refractivity contribution in [2.75, 3.05) is 11.1 Å². The van der Waals surface area contributed by atoms with Crippen LogP contribution in [0.3, 0.4) is 0 Å². The zero-order valence-corrected chi connectivity index (χ0v) is 22.0. The summed E-state index contributed by atoms with van der Waals surface area (Å²) >= 11 is 3.52. The zero-order valence-electron chi connectivity index (χ0n) is 19.1. The van der Waals surface area contributed by atoms with E-state index in [2.05, 4.69) is 68.3 Å². The molecule has 0 saturated heterocycles. The van der Waals surface area contributed by atoms with E-state index in [4.69, 9.17) is 0 Å². The number of anilines is 1. The molecule has 3 N–H and O–H groups in total. The maximum atomic E-state index is 12.6. The number of nitrogens with one attached hydrogen (secondary N) is 3. The lowest BCUT2D eigenvalue weighted by atomic mass is 10.0. The Labute approximate surface area is 212 Å². The Kier molecular flexibility index (Phi) is 8.90. The molecule has 2 amide bonds. The van der Waals surface area contributed by atoms with Gasteiger partial charge in [-0.25, -0.2) is 4.98 Å². The highest BCUT2D eigenvalue weighted by atomic mass is 127. The van der Waals surface area contributed by atoms with E-state index < -0.39 is 0 Å². The van der Waals surface area contributed by atoms with E-state index in [0.29, 0.717) is 22.5 Å². The van der Waals surface area contributed by atoms with Gasteiger partial charge in [0.25, 0.3) is 5.91 Å². The van der Waals surface area contributed by atoms with E-state index in [1.165, 1.54) is 11.8 Å². The summed E-state index contributed by atoms with van der Waals surface area (Å²) in [6.45, 7) is 8.22. The van der Waals surface area contributed by atoms with Crippen molar-refractivity contribution in [1.82, 2.24) is 20.5 Å². The minimum absolute atomic E-state index is 0.0992. The Morgan fingerprint density at radius 2 is 1.82 bits per heavy atom. The van der Waals surface area contributed by atoms with E-state index in [9.17, 15) is 9.59 Å². The Morgan fingerprint density at radius 3 is 2.48 bits per heavy atom. The van der Waals surface area contributed by atoms with E-state index in [1.54, 1.807) is 12.1 Å². The van der Waals surface area contributed by atoms with Crippen LogP contribution in [0.4, 0.5) is 5.69 Å². The number of aromatic amines is 1. The third-order valence-electron chi connectivity index (χ3n) is 5.01. The summed E-state index contributed by atoms with van der Waals surface area (Å²) in [5.74, 6) is 0.866. The van der Waals surface area contributed by atoms with Gasteiger partial charge in [0.1, 0.15) is 5.82 Å². The van der Waals surface area contributed by atoms with Crippen molar-refractivity contribution in [2.45, 2.75) is 44.8 Å². The second-order valence-electron chi connectivity index (χ2n) is 8.29. The number of carbonyl (C=O) groups excluding carboxylic acids is 2. The summed E-state index contributed by atoms with van der Waals surface area (Å²) in [6, 6.07) is 14.7. The number of nitrogens with zero attached hydrogens (tertiary/aromatic N) is 2. The normalized spacial score (nSPS) is 12.1. The molecule has 0 aliphatic heterocycles. The molecule has 7 nitrogen and oxygen atoms in total. The van der Waals surface area contributed by atoms with Crippen LogP contribution in [0.15, 0.2) is 53.7 Å². The van der Waals surface area contributed by atoms with Crippen molar-refractivity contribution in [2.24, 2.45) is 5.92 Å². The molecule has 3 aromatic rings. The van der Waals surface area contributed by atoms with Gasteiger partial charge in [0, 0.05) is 14.8 Å². The van der Waals surface area contributed by atoms with Crippen molar-refractivity contribution in [3.63, 3.8) is 0 Å². The number of hydrogen-bond acceptors (Lipinski definition) is 5. The third-order valence-corrected chi connectivity index (χ3v) is 6.53. The Hall–Kier alpha value is -2.40. The highest BCUT2D eigenvalue weighted by molar-refractivity contribution is 14.1. The van der Waals surface area contributed by atoms with Gasteiger partial charge in [-0.3, -0.25) is 14.7 Å². The second-order valence-corrected chi connectivity index (χ2v) is 10.5. The SMILES string of the molecule is CC(C)c1cc(I)ccc1NC(=O)CSc1n[nH]c(C(NC(=O)c2ccccc2)C(C)C)n1. The predicted octanol–water partition coefficient (Wildman–Crippen LogP) is 5.39. The van der Waals surface area contributed by atoms with Crippen LogP contribution in [0.2, 0.25) is 0 Å². The monoisotopic (exact) mass is 577 g/mol. The van der Waals surface area contributed by atoms with Gasteiger partial charge in [0.2, 0.25) is 11.1 Å². The fourth-order valence-electron chi connectivity index (χ4n) is 3.27. The van der Waals surface area contributed by atoms with Crippen molar-refractivity contribution in [3.8, 4) is 0 Å². The minimum Gasteiger partial charge on any atom is -0.342 e. The molecule has 3 rings (SSSR count). The molecule has 1 atom stereocenters. The van der Waals surface area contributed by atoms with Crippen LogP contribution < -0.4 is 10.6 Å². The first kappa shape index (κ1) is 25.2. The fourth-order valence-corrected chi connectivity index (χ4v) is 4.39. The highest BCUT2D eigenvalue weighted by Gasteiger charge is 2.23. The maximum Gasteiger partial charge on any atom is 0.251 e. The summed E-state index contributed by atoms with van der Waals surface area (Å²) in [4.78, 5) is 29.6. The number of halogens is 1. The summed E-state index contributed by atoms with van der Waals surface area (Å²) in [5.41, 5.74) is 2.52. The van der Waals surface area contributed by atoms with Gasteiger partial charge < -0.3 is 10.6 Å². The number of aromatic nitrogens is 3. The molecule has 1 unspecified atom stereocenters. The van der Waals surface area contributed by atoms with E-state index in [0.717, 1.165) is 14.8 Å². The Morgan fingerprint density at radius 1 is 1.09 bits per heavy atom. The second kappa shape index (κ2) is 11.6. The summed E-state index contributed by atoms with van der Waals surface area (Å²) in [7, 11) is 0. The molecule has 9 heteroatoms. The van der Waals surface area contributed by atoms with Gasteiger partial charge in [0.15, 0.2) is 0 Å². The van der Waals surface area contributed by atoms with Gasteiger partial charge in [0.05, 0.1) is 11.8 Å². The number of amides is 2. The van der Waals surface area contributed by atoms with E-state index in [-0.39, 0.29) is 29.5 Å². The molecule has 0 saturated carbocycles. The first-order valence-electron chi connectivity index (χ1n) is 10.7. The van der Waals surface area contributed by atoms with Crippen LogP contribution >= 0.6 is 34.4 Å². The topological polar surface area (TPSA) is 99.8 Å². The number of carbonyl (C=O) groups is 2. The van der Waals surface area contributed by atoms with Crippen molar-refractivity contribution in [1.29, 1.82) is 0 Å². The molecule has 0 radical (unpaired) electrons. The maximum absolute atomic E-state index is 12.6. The first-order chi connectivity index (χ1) is 15.7. The zero-order chi connectivity index (χ0) is 24.0. The smallest absolute Gasteiger partial charge is 0.251 e. The van der Waals surface area contributed by atoms with E-state index in [1.807, 2.05) is 44.2 Å². The largest absolute Gasteiger partial charge is 0.342 e. The van der Waals surface area contributed by atoms with Gasteiger partial charge in [-0.2, -0.15) is 0 Å². The van der Waals surface area contributed by atoms with E-state index >= 15 is 0 Å². The molecular formula is C24H28IN5O2S. The molecule has 0 aliphatic rings. The van der Waals surface area contributed by atoms with Gasteiger partial charge in [-0.1, -0.05) is 57.7 Å². The predicted molar refractivity (Wildman–Crippen MR) is 140 cm³/mol. The van der Waals surface area contributed by atoms with Crippen LogP contribution in [0.5, 0.6) is 0 Å². The molecule has 2 aromatic carbocycles. The minimum atomic E-state index is -0.325. The summed E-state index contributed by atoms with van der Waals surface area (Å²) in [5, 5.41) is 13.6. The summed E-state index contributed by atoms with van der Waals surface area (Å²) < 4.78 is 1.14. The quantitative estimate of drug-likeness (QED) is 0.234.